The number of non-ortho nitro benzene ring substituents is 1. The summed E-state index contributed by atoms with van der Waals surface area (Å²) < 4.78 is 0. The summed E-state index contributed by atoms with van der Waals surface area (Å²) in [6.07, 6.45) is 0. The summed E-state index contributed by atoms with van der Waals surface area (Å²) >= 11 is 1.38. The Kier molecular flexibility index (Phi) is 4.53. The molecular formula is C15H13NO3S. The maximum Gasteiger partial charge on any atom is 0.269 e. The molecule has 102 valence electrons. The maximum atomic E-state index is 12.1. The van der Waals surface area contributed by atoms with Crippen LogP contribution in [0, 0.1) is 17.0 Å². The fourth-order valence-corrected chi connectivity index (χ4v) is 2.56. The number of carbonyl (C=O) groups is 1. The van der Waals surface area contributed by atoms with Gasteiger partial charge in [-0.1, -0.05) is 24.3 Å². The lowest BCUT2D eigenvalue weighted by atomic mass is 10.1. The predicted octanol–water partition coefficient (Wildman–Crippen LogP) is 3.88. The topological polar surface area (TPSA) is 60.2 Å². The van der Waals surface area contributed by atoms with E-state index in [-0.39, 0.29) is 11.5 Å². The van der Waals surface area contributed by atoms with Crippen LogP contribution in [0.2, 0.25) is 0 Å². The first-order valence-corrected chi connectivity index (χ1v) is 7.02. The van der Waals surface area contributed by atoms with Crippen molar-refractivity contribution in [1.82, 2.24) is 0 Å². The molecule has 0 aliphatic heterocycles. The minimum atomic E-state index is -0.438. The van der Waals surface area contributed by atoms with Gasteiger partial charge in [0.2, 0.25) is 0 Å². The maximum absolute atomic E-state index is 12.1. The van der Waals surface area contributed by atoms with Crippen molar-refractivity contribution < 1.29 is 9.72 Å². The number of benzene rings is 2. The third-order valence-electron chi connectivity index (χ3n) is 2.86. The highest BCUT2D eigenvalue weighted by Crippen LogP contribution is 2.22. The molecule has 0 spiro atoms. The Morgan fingerprint density at radius 3 is 2.40 bits per heavy atom. The summed E-state index contributed by atoms with van der Waals surface area (Å²) in [5, 5.41) is 10.5. The van der Waals surface area contributed by atoms with Crippen molar-refractivity contribution in [2.45, 2.75) is 11.8 Å². The third-order valence-corrected chi connectivity index (χ3v) is 3.87. The summed E-state index contributed by atoms with van der Waals surface area (Å²) in [6.45, 7) is 1.91. The molecule has 2 aromatic rings. The average Bonchev–Trinajstić information content (AvgIpc) is 2.45. The number of ketones is 1. The molecule has 20 heavy (non-hydrogen) atoms. The number of hydrogen-bond donors (Lipinski definition) is 0. The summed E-state index contributed by atoms with van der Waals surface area (Å²) in [7, 11) is 0. The normalized spacial score (nSPS) is 10.2. The number of carbonyl (C=O) groups excluding carboxylic acids is 1. The molecule has 0 unspecified atom stereocenters. The zero-order valence-corrected chi connectivity index (χ0v) is 11.7. The van der Waals surface area contributed by atoms with Gasteiger partial charge in [-0.05, 0) is 24.6 Å². The number of hydrogen-bond acceptors (Lipinski definition) is 4. The SMILES string of the molecule is Cc1ccccc1C(=O)CSc1ccc([N+](=O)[O-])cc1. The molecule has 0 fully saturated rings. The first-order valence-electron chi connectivity index (χ1n) is 6.04. The summed E-state index contributed by atoms with van der Waals surface area (Å²) in [6, 6.07) is 13.7. The van der Waals surface area contributed by atoms with Crippen LogP contribution < -0.4 is 0 Å². The van der Waals surface area contributed by atoms with E-state index in [1.165, 1.54) is 23.9 Å². The fraction of sp³-hybridized carbons (Fsp3) is 0.133. The van der Waals surface area contributed by atoms with Crippen LogP contribution in [0.15, 0.2) is 53.4 Å². The van der Waals surface area contributed by atoms with E-state index in [0.29, 0.717) is 5.75 Å². The summed E-state index contributed by atoms with van der Waals surface area (Å²) in [5.74, 6) is 0.384. The van der Waals surface area contributed by atoms with Gasteiger partial charge in [-0.25, -0.2) is 0 Å². The first kappa shape index (κ1) is 14.3. The van der Waals surface area contributed by atoms with E-state index < -0.39 is 4.92 Å². The number of Topliss-reactive ketones (excluding diaryl/α,β-unsaturated/α-hetero) is 1. The van der Waals surface area contributed by atoms with Gasteiger partial charge in [-0.2, -0.15) is 0 Å². The Morgan fingerprint density at radius 2 is 1.80 bits per heavy atom. The molecule has 0 saturated carbocycles. The Bertz CT molecular complexity index is 638. The molecule has 0 radical (unpaired) electrons. The largest absolute Gasteiger partial charge is 0.293 e. The van der Waals surface area contributed by atoms with Crippen molar-refractivity contribution in [3.8, 4) is 0 Å². The van der Waals surface area contributed by atoms with Crippen LogP contribution in [0.5, 0.6) is 0 Å². The average molecular weight is 287 g/mol. The Hall–Kier alpha value is -2.14. The number of nitro benzene ring substituents is 1. The van der Waals surface area contributed by atoms with Gasteiger partial charge >= 0.3 is 0 Å². The van der Waals surface area contributed by atoms with Gasteiger partial charge in [0, 0.05) is 22.6 Å². The molecule has 0 bridgehead atoms. The molecule has 5 heteroatoms. The van der Waals surface area contributed by atoms with Gasteiger partial charge in [0.05, 0.1) is 10.7 Å². The lowest BCUT2D eigenvalue weighted by Crippen LogP contribution is -2.04. The van der Waals surface area contributed by atoms with Crippen molar-refractivity contribution in [3.05, 3.63) is 69.8 Å². The van der Waals surface area contributed by atoms with Gasteiger partial charge in [-0.15, -0.1) is 11.8 Å². The third kappa shape index (κ3) is 3.45. The fourth-order valence-electron chi connectivity index (χ4n) is 1.78. The van der Waals surface area contributed by atoms with Crippen molar-refractivity contribution in [1.29, 1.82) is 0 Å². The van der Waals surface area contributed by atoms with Crippen LogP contribution in [0.4, 0.5) is 5.69 Å². The Balaban J connectivity index is 2.00. The second-order valence-corrected chi connectivity index (χ2v) is 5.33. The number of thioether (sulfide) groups is 1. The Labute approximate surface area is 121 Å². The molecule has 4 nitrogen and oxygen atoms in total. The highest BCUT2D eigenvalue weighted by molar-refractivity contribution is 8.00. The van der Waals surface area contributed by atoms with E-state index in [2.05, 4.69) is 0 Å². The number of rotatable bonds is 5. The van der Waals surface area contributed by atoms with Gasteiger partial charge in [0.1, 0.15) is 0 Å². The first-order chi connectivity index (χ1) is 9.58. The van der Waals surface area contributed by atoms with Crippen molar-refractivity contribution in [3.63, 3.8) is 0 Å². The van der Waals surface area contributed by atoms with E-state index in [4.69, 9.17) is 0 Å². The monoisotopic (exact) mass is 287 g/mol. The van der Waals surface area contributed by atoms with E-state index in [1.807, 2.05) is 31.2 Å². The number of nitrogens with zero attached hydrogens (tertiary/aromatic N) is 1. The van der Waals surface area contributed by atoms with Gasteiger partial charge in [0.25, 0.3) is 5.69 Å². The lowest BCUT2D eigenvalue weighted by molar-refractivity contribution is -0.384. The second-order valence-electron chi connectivity index (χ2n) is 4.28. The molecule has 0 aliphatic rings. The van der Waals surface area contributed by atoms with Crippen molar-refractivity contribution in [2.24, 2.45) is 0 Å². The summed E-state index contributed by atoms with van der Waals surface area (Å²) in [4.78, 5) is 23.0. The quantitative estimate of drug-likeness (QED) is 0.362. The molecule has 2 aromatic carbocycles. The summed E-state index contributed by atoms with van der Waals surface area (Å²) in [5.41, 5.74) is 1.74. The molecule has 0 aliphatic carbocycles. The standard InChI is InChI=1S/C15H13NO3S/c1-11-4-2-3-5-14(11)15(17)10-20-13-8-6-12(7-9-13)16(18)19/h2-9H,10H2,1H3. The van der Waals surface area contributed by atoms with Crippen LogP contribution >= 0.6 is 11.8 Å². The molecule has 0 amide bonds. The van der Waals surface area contributed by atoms with Crippen LogP contribution in [-0.4, -0.2) is 16.5 Å². The van der Waals surface area contributed by atoms with E-state index in [1.54, 1.807) is 12.1 Å². The minimum absolute atomic E-state index is 0.0552. The molecule has 0 aromatic heterocycles. The molecule has 0 heterocycles. The molecule has 2 rings (SSSR count). The van der Waals surface area contributed by atoms with Crippen LogP contribution in [0.1, 0.15) is 15.9 Å². The number of aryl methyl sites for hydroxylation is 1. The lowest BCUT2D eigenvalue weighted by Gasteiger charge is -2.04. The van der Waals surface area contributed by atoms with Gasteiger partial charge in [-0.3, -0.25) is 14.9 Å². The molecule has 0 saturated heterocycles. The zero-order valence-electron chi connectivity index (χ0n) is 10.9. The van der Waals surface area contributed by atoms with Crippen molar-refractivity contribution >= 4 is 23.2 Å². The van der Waals surface area contributed by atoms with Crippen LogP contribution in [-0.2, 0) is 0 Å². The number of nitro groups is 1. The molecule has 0 N–H and O–H groups in total. The Morgan fingerprint density at radius 1 is 1.15 bits per heavy atom. The predicted molar refractivity (Wildman–Crippen MR) is 79.3 cm³/mol. The van der Waals surface area contributed by atoms with E-state index >= 15 is 0 Å². The highest BCUT2D eigenvalue weighted by Gasteiger charge is 2.10. The van der Waals surface area contributed by atoms with Crippen LogP contribution in [0.25, 0.3) is 0 Å². The van der Waals surface area contributed by atoms with Gasteiger partial charge < -0.3 is 0 Å². The highest BCUT2D eigenvalue weighted by atomic mass is 32.2. The zero-order chi connectivity index (χ0) is 14.5. The second kappa shape index (κ2) is 6.34. The van der Waals surface area contributed by atoms with E-state index in [9.17, 15) is 14.9 Å². The van der Waals surface area contributed by atoms with Crippen molar-refractivity contribution in [2.75, 3.05) is 5.75 Å². The molecule has 0 atom stereocenters. The minimum Gasteiger partial charge on any atom is -0.293 e. The smallest absolute Gasteiger partial charge is 0.269 e. The van der Waals surface area contributed by atoms with E-state index in [0.717, 1.165) is 16.0 Å². The molecular weight excluding hydrogens is 274 g/mol. The van der Waals surface area contributed by atoms with Crippen LogP contribution in [0.3, 0.4) is 0 Å². The van der Waals surface area contributed by atoms with Gasteiger partial charge in [0.15, 0.2) is 5.78 Å².